The fourth-order valence-electron chi connectivity index (χ4n) is 5.14. The molecule has 194 valence electrons. The zero-order valence-electron chi connectivity index (χ0n) is 19.0. The van der Waals surface area contributed by atoms with E-state index >= 15 is 0 Å². The lowest BCUT2D eigenvalue weighted by Crippen LogP contribution is -2.50. The fourth-order valence-corrected chi connectivity index (χ4v) is 8.07. The third-order valence-corrected chi connectivity index (χ3v) is 11.2. The molecule has 0 spiro atoms. The van der Waals surface area contributed by atoms with E-state index in [9.17, 15) is 14.4 Å². The third-order valence-electron chi connectivity index (χ3n) is 6.93. The van der Waals surface area contributed by atoms with Crippen LogP contribution in [0, 0.1) is 11.8 Å². The van der Waals surface area contributed by atoms with E-state index in [2.05, 4.69) is 5.32 Å². The lowest BCUT2D eigenvalue weighted by atomic mass is 9.84. The van der Waals surface area contributed by atoms with Crippen molar-refractivity contribution in [3.05, 3.63) is 58.1 Å². The monoisotopic (exact) mass is 622 g/mol. The van der Waals surface area contributed by atoms with Gasteiger partial charge in [-0.3, -0.25) is 14.4 Å². The Morgan fingerprint density at radius 2 is 1.49 bits per heavy atom. The van der Waals surface area contributed by atoms with Crippen LogP contribution in [0.5, 0.6) is 11.5 Å². The number of carbonyl (C=O) groups excluding carboxylic acids is 3. The summed E-state index contributed by atoms with van der Waals surface area (Å²) >= 11 is 39.2. The van der Waals surface area contributed by atoms with Crippen molar-refractivity contribution < 1.29 is 23.9 Å². The summed E-state index contributed by atoms with van der Waals surface area (Å²) in [6.07, 6.45) is 0. The van der Waals surface area contributed by atoms with Crippen LogP contribution >= 0.6 is 69.6 Å². The van der Waals surface area contributed by atoms with Crippen molar-refractivity contribution in [3.8, 4) is 11.5 Å². The van der Waals surface area contributed by atoms with Gasteiger partial charge in [0, 0.05) is 11.6 Å². The largest absolute Gasteiger partial charge is 0.497 e. The van der Waals surface area contributed by atoms with E-state index in [-0.39, 0.29) is 21.3 Å². The van der Waals surface area contributed by atoms with Gasteiger partial charge in [-0.25, -0.2) is 4.90 Å². The zero-order valence-corrected chi connectivity index (χ0v) is 23.5. The number of halogens is 6. The molecule has 0 aromatic heterocycles. The first-order valence-corrected chi connectivity index (χ1v) is 13.0. The summed E-state index contributed by atoms with van der Waals surface area (Å²) in [5.41, 5.74) is 0.639. The number of carbonyl (C=O) groups is 3. The second kappa shape index (κ2) is 8.83. The Labute approximate surface area is 241 Å². The first-order chi connectivity index (χ1) is 17.4. The standard InChI is InChI=1S/C24H16Cl6N2O5/c1-36-12-6-7-14(37-2)13(9-12)31-19(33)10-4-3-5-11(8-10)32-20(34)15-16(21(32)35)23(28)18(26)17(25)22(15,27)24(23,29)30/h3-9,15-16H,1-2H3,(H,31,33)/t15-,16+,22-,23-/m1/s1. The smallest absolute Gasteiger partial charge is 0.255 e. The number of methoxy groups -OCH3 is 2. The van der Waals surface area contributed by atoms with Gasteiger partial charge in [0.25, 0.3) is 5.91 Å². The highest BCUT2D eigenvalue weighted by Crippen LogP contribution is 2.77. The molecule has 3 aliphatic rings. The van der Waals surface area contributed by atoms with Crippen molar-refractivity contribution in [2.45, 2.75) is 14.1 Å². The summed E-state index contributed by atoms with van der Waals surface area (Å²) < 4.78 is 8.48. The Morgan fingerprint density at radius 3 is 2.03 bits per heavy atom. The number of hydrogen-bond donors (Lipinski definition) is 1. The predicted octanol–water partition coefficient (Wildman–Crippen LogP) is 5.91. The summed E-state index contributed by atoms with van der Waals surface area (Å²) in [5, 5.41) is 2.38. The van der Waals surface area contributed by atoms with E-state index in [0.29, 0.717) is 17.2 Å². The van der Waals surface area contributed by atoms with Crippen LogP contribution in [0.25, 0.3) is 0 Å². The number of benzene rings is 2. The number of fused-ring (bicyclic) bond motifs is 5. The fraction of sp³-hybridized carbons (Fsp3) is 0.292. The number of amides is 3. The molecule has 3 amide bonds. The van der Waals surface area contributed by atoms with Crippen molar-refractivity contribution in [3.63, 3.8) is 0 Å². The topological polar surface area (TPSA) is 84.9 Å². The number of alkyl halides is 4. The first kappa shape index (κ1) is 26.7. The third kappa shape index (κ3) is 3.31. The molecule has 5 rings (SSSR count). The van der Waals surface area contributed by atoms with Crippen LogP contribution in [-0.2, 0) is 9.59 Å². The zero-order chi connectivity index (χ0) is 27.1. The summed E-state index contributed by atoms with van der Waals surface area (Å²) in [5.74, 6) is -3.59. The van der Waals surface area contributed by atoms with Gasteiger partial charge in [-0.05, 0) is 30.3 Å². The Hall–Kier alpha value is -1.87. The molecule has 2 fully saturated rings. The molecule has 1 aliphatic heterocycles. The molecule has 2 aliphatic carbocycles. The summed E-state index contributed by atoms with van der Waals surface area (Å²) in [6, 6.07) is 10.8. The molecule has 4 atom stereocenters. The van der Waals surface area contributed by atoms with Crippen LogP contribution in [0.4, 0.5) is 11.4 Å². The van der Waals surface area contributed by atoms with E-state index in [1.165, 1.54) is 38.5 Å². The quantitative estimate of drug-likeness (QED) is 0.330. The molecule has 2 aromatic rings. The molecular formula is C24H16Cl6N2O5. The van der Waals surface area contributed by atoms with Crippen LogP contribution in [0.1, 0.15) is 10.4 Å². The number of imide groups is 1. The van der Waals surface area contributed by atoms with Crippen LogP contribution in [0.3, 0.4) is 0 Å². The minimum atomic E-state index is -2.03. The normalized spacial score (nSPS) is 29.6. The molecule has 0 radical (unpaired) electrons. The number of hydrogen-bond acceptors (Lipinski definition) is 5. The highest BCUT2D eigenvalue weighted by atomic mass is 35.5. The lowest BCUT2D eigenvalue weighted by molar-refractivity contribution is -0.123. The predicted molar refractivity (Wildman–Crippen MR) is 144 cm³/mol. The summed E-state index contributed by atoms with van der Waals surface area (Å²) in [7, 11) is 2.95. The van der Waals surface area contributed by atoms with Gasteiger partial charge in [0.05, 0.1) is 47.5 Å². The lowest BCUT2D eigenvalue weighted by Gasteiger charge is -2.34. The van der Waals surface area contributed by atoms with Gasteiger partial charge < -0.3 is 14.8 Å². The van der Waals surface area contributed by atoms with Gasteiger partial charge >= 0.3 is 0 Å². The average Bonchev–Trinajstić information content (AvgIpc) is 3.27. The summed E-state index contributed by atoms with van der Waals surface area (Å²) in [6.45, 7) is 0. The molecule has 1 saturated heterocycles. The SMILES string of the molecule is COc1ccc(OC)c(NC(=O)c2cccc(N3C(=O)[C@@H]4[C@H](C3=O)[C@@]3(Cl)C(Cl)=C(Cl)[C@@]4(Cl)C3(Cl)Cl)c2)c1. The second-order valence-electron chi connectivity index (χ2n) is 8.66. The van der Waals surface area contributed by atoms with E-state index in [0.717, 1.165) is 4.90 Å². The molecule has 37 heavy (non-hydrogen) atoms. The Kier molecular flexibility index (Phi) is 6.38. The van der Waals surface area contributed by atoms with Gasteiger partial charge in [-0.15, -0.1) is 23.2 Å². The van der Waals surface area contributed by atoms with E-state index in [1.807, 2.05) is 0 Å². The van der Waals surface area contributed by atoms with Gasteiger partial charge in [-0.2, -0.15) is 0 Å². The molecule has 1 saturated carbocycles. The molecule has 7 nitrogen and oxygen atoms in total. The molecular weight excluding hydrogens is 609 g/mol. The number of anilines is 2. The molecule has 2 bridgehead atoms. The maximum atomic E-state index is 13.6. The number of nitrogens with zero attached hydrogens (tertiary/aromatic N) is 1. The van der Waals surface area contributed by atoms with Gasteiger partial charge in [-0.1, -0.05) is 52.5 Å². The van der Waals surface area contributed by atoms with Crippen molar-refractivity contribution in [1.82, 2.24) is 0 Å². The maximum absolute atomic E-state index is 13.6. The maximum Gasteiger partial charge on any atom is 0.255 e. The number of allylic oxidation sites excluding steroid dienone is 2. The first-order valence-electron chi connectivity index (χ1n) is 10.7. The Morgan fingerprint density at radius 1 is 0.892 bits per heavy atom. The van der Waals surface area contributed by atoms with Crippen molar-refractivity contribution in [2.24, 2.45) is 11.8 Å². The molecule has 1 heterocycles. The summed E-state index contributed by atoms with van der Waals surface area (Å²) in [4.78, 5) is 37.3. The van der Waals surface area contributed by atoms with E-state index in [4.69, 9.17) is 79.1 Å². The molecule has 1 N–H and O–H groups in total. The number of ether oxygens (including phenoxy) is 2. The van der Waals surface area contributed by atoms with E-state index in [1.54, 1.807) is 18.2 Å². The molecule has 13 heteroatoms. The minimum absolute atomic E-state index is 0.122. The highest BCUT2D eigenvalue weighted by Gasteiger charge is 2.87. The molecule has 2 aromatic carbocycles. The second-order valence-corrected chi connectivity index (χ2v) is 11.9. The Bertz CT molecular complexity index is 1370. The average molecular weight is 625 g/mol. The molecule has 0 unspecified atom stereocenters. The minimum Gasteiger partial charge on any atom is -0.497 e. The van der Waals surface area contributed by atoms with Crippen molar-refractivity contribution in [2.75, 3.05) is 24.4 Å². The Balaban J connectivity index is 1.49. The number of rotatable bonds is 5. The van der Waals surface area contributed by atoms with Gasteiger partial charge in [0.1, 0.15) is 21.2 Å². The van der Waals surface area contributed by atoms with Crippen molar-refractivity contribution in [1.29, 1.82) is 0 Å². The number of nitrogens with one attached hydrogen (secondary N) is 1. The van der Waals surface area contributed by atoms with Crippen LogP contribution in [0.15, 0.2) is 52.5 Å². The van der Waals surface area contributed by atoms with E-state index < -0.39 is 43.6 Å². The van der Waals surface area contributed by atoms with Gasteiger partial charge in [0.2, 0.25) is 11.8 Å². The van der Waals surface area contributed by atoms with Crippen LogP contribution in [0.2, 0.25) is 0 Å². The van der Waals surface area contributed by atoms with Crippen LogP contribution < -0.4 is 19.7 Å². The van der Waals surface area contributed by atoms with Gasteiger partial charge in [0.15, 0.2) is 4.33 Å². The highest BCUT2D eigenvalue weighted by molar-refractivity contribution is 6.67. The van der Waals surface area contributed by atoms with Crippen LogP contribution in [-0.4, -0.2) is 46.0 Å². The van der Waals surface area contributed by atoms with Crippen molar-refractivity contribution >= 4 is 98.7 Å².